The first-order valence-electron chi connectivity index (χ1n) is 5.58. The summed E-state index contributed by atoms with van der Waals surface area (Å²) in [5.74, 6) is -0.435. The Balaban J connectivity index is 2.26. The van der Waals surface area contributed by atoms with Crippen LogP contribution in [0.3, 0.4) is 0 Å². The highest BCUT2D eigenvalue weighted by Gasteiger charge is 2.35. The zero-order valence-corrected chi connectivity index (χ0v) is 10.8. The van der Waals surface area contributed by atoms with Crippen molar-refractivity contribution >= 4 is 17.1 Å². The average molecular weight is 285 g/mol. The summed E-state index contributed by atoms with van der Waals surface area (Å²) in [4.78, 5) is 15.2. The SMILES string of the molecule is CCc1ccc(C(=O)c2cnc(C(F)(F)F)s2)cc1. The molecule has 0 unspecified atom stereocenters. The number of rotatable bonds is 3. The van der Waals surface area contributed by atoms with Gasteiger partial charge < -0.3 is 0 Å². The topological polar surface area (TPSA) is 30.0 Å². The van der Waals surface area contributed by atoms with Gasteiger partial charge in [0.05, 0.1) is 4.88 Å². The number of carbonyl (C=O) groups is 1. The summed E-state index contributed by atoms with van der Waals surface area (Å²) in [6.07, 6.45) is -2.69. The fourth-order valence-electron chi connectivity index (χ4n) is 1.54. The molecule has 0 radical (unpaired) electrons. The summed E-state index contributed by atoms with van der Waals surface area (Å²) in [6.45, 7) is 1.98. The maximum absolute atomic E-state index is 12.4. The quantitative estimate of drug-likeness (QED) is 0.799. The Bertz CT molecular complexity index is 587. The first-order valence-corrected chi connectivity index (χ1v) is 6.40. The van der Waals surface area contributed by atoms with Crippen molar-refractivity contribution in [3.8, 4) is 0 Å². The van der Waals surface area contributed by atoms with Crippen molar-refractivity contribution in [1.82, 2.24) is 4.98 Å². The molecular weight excluding hydrogens is 275 g/mol. The first kappa shape index (κ1) is 13.7. The lowest BCUT2D eigenvalue weighted by Crippen LogP contribution is -2.03. The third kappa shape index (κ3) is 3.01. The second-order valence-electron chi connectivity index (χ2n) is 3.91. The van der Waals surface area contributed by atoms with E-state index in [4.69, 9.17) is 0 Å². The Hall–Kier alpha value is -1.69. The molecule has 0 atom stereocenters. The van der Waals surface area contributed by atoms with E-state index in [0.717, 1.165) is 18.2 Å². The molecule has 0 aliphatic rings. The van der Waals surface area contributed by atoms with E-state index in [0.29, 0.717) is 16.9 Å². The number of benzene rings is 1. The number of hydrogen-bond acceptors (Lipinski definition) is 3. The fraction of sp³-hybridized carbons (Fsp3) is 0.231. The number of aromatic nitrogens is 1. The summed E-state index contributed by atoms with van der Waals surface area (Å²) in [7, 11) is 0. The van der Waals surface area contributed by atoms with Crippen molar-refractivity contribution < 1.29 is 18.0 Å². The number of ketones is 1. The molecule has 1 aromatic heterocycles. The molecule has 6 heteroatoms. The van der Waals surface area contributed by atoms with Gasteiger partial charge in [0.25, 0.3) is 0 Å². The van der Waals surface area contributed by atoms with Gasteiger partial charge in [-0.1, -0.05) is 31.2 Å². The van der Waals surface area contributed by atoms with Crippen LogP contribution in [0.5, 0.6) is 0 Å². The lowest BCUT2D eigenvalue weighted by Gasteiger charge is -2.00. The van der Waals surface area contributed by atoms with E-state index in [9.17, 15) is 18.0 Å². The summed E-state index contributed by atoms with van der Waals surface area (Å²) in [6, 6.07) is 6.82. The van der Waals surface area contributed by atoms with Gasteiger partial charge in [0.2, 0.25) is 5.78 Å². The van der Waals surface area contributed by atoms with Crippen LogP contribution in [0, 0.1) is 0 Å². The molecule has 0 bridgehead atoms. The number of carbonyl (C=O) groups excluding carboxylic acids is 1. The van der Waals surface area contributed by atoms with E-state index in [2.05, 4.69) is 4.98 Å². The second kappa shape index (κ2) is 5.13. The van der Waals surface area contributed by atoms with Crippen LogP contribution in [-0.4, -0.2) is 10.8 Å². The van der Waals surface area contributed by atoms with Crippen molar-refractivity contribution in [2.45, 2.75) is 19.5 Å². The molecule has 0 N–H and O–H groups in total. The molecule has 19 heavy (non-hydrogen) atoms. The molecule has 0 saturated heterocycles. The lowest BCUT2D eigenvalue weighted by atomic mass is 10.1. The highest BCUT2D eigenvalue weighted by Crippen LogP contribution is 2.33. The Morgan fingerprint density at radius 1 is 1.26 bits per heavy atom. The van der Waals surface area contributed by atoms with Gasteiger partial charge in [-0.15, -0.1) is 11.3 Å². The van der Waals surface area contributed by atoms with Gasteiger partial charge in [-0.3, -0.25) is 4.79 Å². The molecule has 2 aromatic rings. The first-order chi connectivity index (χ1) is 8.91. The van der Waals surface area contributed by atoms with Crippen LogP contribution >= 0.6 is 11.3 Å². The monoisotopic (exact) mass is 285 g/mol. The number of thiazole rings is 1. The third-order valence-corrected chi connectivity index (χ3v) is 3.64. The normalized spacial score (nSPS) is 11.6. The summed E-state index contributed by atoms with van der Waals surface area (Å²) >= 11 is 0.367. The van der Waals surface area contributed by atoms with Crippen LogP contribution in [0.1, 0.15) is 32.7 Å². The van der Waals surface area contributed by atoms with E-state index in [1.165, 1.54) is 0 Å². The predicted octanol–water partition coefficient (Wildman–Crippen LogP) is 3.96. The molecular formula is C13H10F3NOS. The van der Waals surface area contributed by atoms with Gasteiger partial charge in [-0.05, 0) is 12.0 Å². The Morgan fingerprint density at radius 3 is 2.37 bits per heavy atom. The zero-order valence-electron chi connectivity index (χ0n) is 9.99. The molecule has 0 spiro atoms. The molecule has 100 valence electrons. The lowest BCUT2D eigenvalue weighted by molar-refractivity contribution is -0.137. The van der Waals surface area contributed by atoms with Crippen LogP contribution in [0.4, 0.5) is 13.2 Å². The average Bonchev–Trinajstić information content (AvgIpc) is 2.87. The van der Waals surface area contributed by atoms with E-state index < -0.39 is 17.0 Å². The molecule has 0 saturated carbocycles. The number of nitrogens with zero attached hydrogens (tertiary/aromatic N) is 1. The molecule has 2 rings (SSSR count). The van der Waals surface area contributed by atoms with Crippen molar-refractivity contribution in [3.05, 3.63) is 51.5 Å². The third-order valence-electron chi connectivity index (χ3n) is 2.60. The molecule has 0 fully saturated rings. The Kier molecular flexibility index (Phi) is 3.71. The fourth-order valence-corrected chi connectivity index (χ4v) is 2.29. The van der Waals surface area contributed by atoms with E-state index in [1.54, 1.807) is 24.3 Å². The van der Waals surface area contributed by atoms with Crippen molar-refractivity contribution in [1.29, 1.82) is 0 Å². The van der Waals surface area contributed by atoms with Gasteiger partial charge in [-0.2, -0.15) is 13.2 Å². The maximum atomic E-state index is 12.4. The molecule has 1 heterocycles. The summed E-state index contributed by atoms with van der Waals surface area (Å²) in [5.41, 5.74) is 1.44. The van der Waals surface area contributed by atoms with E-state index >= 15 is 0 Å². The molecule has 0 amide bonds. The van der Waals surface area contributed by atoms with Crippen LogP contribution in [-0.2, 0) is 12.6 Å². The number of alkyl halides is 3. The van der Waals surface area contributed by atoms with Crippen LogP contribution in [0.25, 0.3) is 0 Å². The Labute approximate surface area is 111 Å². The minimum Gasteiger partial charge on any atom is -0.288 e. The van der Waals surface area contributed by atoms with Crippen LogP contribution in [0.2, 0.25) is 0 Å². The minimum atomic E-state index is -4.50. The van der Waals surface area contributed by atoms with Gasteiger partial charge in [0, 0.05) is 11.8 Å². The smallest absolute Gasteiger partial charge is 0.288 e. The second-order valence-corrected chi connectivity index (χ2v) is 4.94. The number of halogens is 3. The van der Waals surface area contributed by atoms with Crippen molar-refractivity contribution in [2.75, 3.05) is 0 Å². The van der Waals surface area contributed by atoms with Crippen LogP contribution in [0.15, 0.2) is 30.5 Å². The standard InChI is InChI=1S/C13H10F3NOS/c1-2-8-3-5-9(6-4-8)11(18)10-7-17-12(19-10)13(14,15)16/h3-7H,2H2,1H3. The van der Waals surface area contributed by atoms with Gasteiger partial charge in [0.1, 0.15) is 0 Å². The largest absolute Gasteiger partial charge is 0.443 e. The molecule has 0 aliphatic heterocycles. The molecule has 0 aliphatic carbocycles. The molecule has 1 aromatic carbocycles. The van der Waals surface area contributed by atoms with Crippen LogP contribution < -0.4 is 0 Å². The number of hydrogen-bond donors (Lipinski definition) is 0. The predicted molar refractivity (Wildman–Crippen MR) is 66.4 cm³/mol. The van der Waals surface area contributed by atoms with Gasteiger partial charge in [0.15, 0.2) is 5.01 Å². The number of aryl methyl sites for hydroxylation is 1. The highest BCUT2D eigenvalue weighted by molar-refractivity contribution is 7.13. The van der Waals surface area contributed by atoms with E-state index in [-0.39, 0.29) is 4.88 Å². The Morgan fingerprint density at radius 2 is 1.89 bits per heavy atom. The zero-order chi connectivity index (χ0) is 14.0. The van der Waals surface area contributed by atoms with E-state index in [1.807, 2.05) is 6.92 Å². The van der Waals surface area contributed by atoms with Gasteiger partial charge >= 0.3 is 6.18 Å². The van der Waals surface area contributed by atoms with Crippen molar-refractivity contribution in [3.63, 3.8) is 0 Å². The maximum Gasteiger partial charge on any atom is 0.443 e. The van der Waals surface area contributed by atoms with Gasteiger partial charge in [-0.25, -0.2) is 4.98 Å². The molecule has 2 nitrogen and oxygen atoms in total. The minimum absolute atomic E-state index is 0.00317. The summed E-state index contributed by atoms with van der Waals surface area (Å²) in [5, 5.41) is -0.999. The highest BCUT2D eigenvalue weighted by atomic mass is 32.1. The van der Waals surface area contributed by atoms with Crippen molar-refractivity contribution in [2.24, 2.45) is 0 Å². The summed E-state index contributed by atoms with van der Waals surface area (Å²) < 4.78 is 37.2.